The van der Waals surface area contributed by atoms with Crippen molar-refractivity contribution >= 4 is 17.7 Å². The third kappa shape index (κ3) is 8.47. The fourth-order valence-electron chi connectivity index (χ4n) is 2.87. The summed E-state index contributed by atoms with van der Waals surface area (Å²) in [6, 6.07) is 16.2. The van der Waals surface area contributed by atoms with Gasteiger partial charge in [0.05, 0.1) is 13.0 Å². The van der Waals surface area contributed by atoms with Crippen LogP contribution >= 0.6 is 0 Å². The van der Waals surface area contributed by atoms with Crippen LogP contribution in [0, 0.1) is 5.41 Å². The van der Waals surface area contributed by atoms with Crippen molar-refractivity contribution in [3.8, 4) is 5.75 Å². The standard InChI is InChI=1S/C22H27N3O4/c23-22(24)17-9-12-19(13-10-17)29-14-4-7-20(26)25-18(15-21(27)28)11-8-16-5-2-1-3-6-16/h1-3,5-6,9-10,12-13,18H,4,7-8,11,14-15H2,(H3,23,24)(H,25,26)(H,27,28)/t18-/m0/s1. The highest BCUT2D eigenvalue weighted by Gasteiger charge is 2.16. The van der Waals surface area contributed by atoms with Crippen molar-refractivity contribution in [2.24, 2.45) is 5.73 Å². The average molecular weight is 397 g/mol. The molecule has 0 saturated heterocycles. The van der Waals surface area contributed by atoms with E-state index in [9.17, 15) is 9.59 Å². The number of carboxylic acids is 1. The zero-order valence-electron chi connectivity index (χ0n) is 16.3. The SMILES string of the molecule is N=C(N)c1ccc(OCCCC(=O)N[C@@H](CCc2ccccc2)CC(=O)O)cc1. The van der Waals surface area contributed by atoms with E-state index in [2.05, 4.69) is 5.32 Å². The van der Waals surface area contributed by atoms with Crippen molar-refractivity contribution in [1.82, 2.24) is 5.32 Å². The fraction of sp³-hybridized carbons (Fsp3) is 0.318. The van der Waals surface area contributed by atoms with E-state index in [4.69, 9.17) is 21.0 Å². The zero-order chi connectivity index (χ0) is 21.1. The Labute approximate surface area is 170 Å². The quantitative estimate of drug-likeness (QED) is 0.249. The topological polar surface area (TPSA) is 126 Å². The van der Waals surface area contributed by atoms with Crippen molar-refractivity contribution < 1.29 is 19.4 Å². The second kappa shape index (κ2) is 11.5. The number of carbonyl (C=O) groups excluding carboxylic acids is 1. The molecule has 154 valence electrons. The minimum Gasteiger partial charge on any atom is -0.494 e. The van der Waals surface area contributed by atoms with Crippen LogP contribution in [0.25, 0.3) is 0 Å². The van der Waals surface area contributed by atoms with E-state index >= 15 is 0 Å². The van der Waals surface area contributed by atoms with Gasteiger partial charge in [0.15, 0.2) is 0 Å². The number of hydrogen-bond donors (Lipinski definition) is 4. The van der Waals surface area contributed by atoms with Crippen LogP contribution in [-0.4, -0.2) is 35.5 Å². The third-order valence-corrected chi connectivity index (χ3v) is 4.39. The minimum atomic E-state index is -0.930. The van der Waals surface area contributed by atoms with Gasteiger partial charge >= 0.3 is 5.97 Å². The molecule has 0 aliphatic heterocycles. The van der Waals surface area contributed by atoms with Crippen molar-refractivity contribution in [3.05, 3.63) is 65.7 Å². The lowest BCUT2D eigenvalue weighted by Gasteiger charge is -2.17. The number of carbonyl (C=O) groups is 2. The van der Waals surface area contributed by atoms with Gasteiger partial charge in [-0.3, -0.25) is 15.0 Å². The molecule has 0 radical (unpaired) electrons. The summed E-state index contributed by atoms with van der Waals surface area (Å²) in [5.41, 5.74) is 7.14. The number of carboxylic acid groups (broad SMARTS) is 1. The molecule has 1 amide bonds. The summed E-state index contributed by atoms with van der Waals surface area (Å²) < 4.78 is 5.58. The number of aliphatic carboxylic acids is 1. The molecule has 0 unspecified atom stereocenters. The first-order valence-corrected chi connectivity index (χ1v) is 9.56. The average Bonchev–Trinajstić information content (AvgIpc) is 2.70. The van der Waals surface area contributed by atoms with E-state index in [1.807, 2.05) is 30.3 Å². The van der Waals surface area contributed by atoms with E-state index in [0.717, 1.165) is 5.56 Å². The first-order chi connectivity index (χ1) is 13.9. The second-order valence-corrected chi connectivity index (χ2v) is 6.78. The van der Waals surface area contributed by atoms with Crippen LogP contribution in [0.2, 0.25) is 0 Å². The minimum absolute atomic E-state index is 0.00333. The number of ether oxygens (including phenoxy) is 1. The Morgan fingerprint density at radius 3 is 2.41 bits per heavy atom. The molecule has 2 aromatic carbocycles. The van der Waals surface area contributed by atoms with Gasteiger partial charge < -0.3 is 20.9 Å². The lowest BCUT2D eigenvalue weighted by Crippen LogP contribution is -2.37. The molecular weight excluding hydrogens is 370 g/mol. The molecule has 1 atom stereocenters. The summed E-state index contributed by atoms with van der Waals surface area (Å²) >= 11 is 0. The third-order valence-electron chi connectivity index (χ3n) is 4.39. The molecule has 7 heteroatoms. The molecule has 0 saturated carbocycles. The highest BCUT2D eigenvalue weighted by atomic mass is 16.5. The van der Waals surface area contributed by atoms with E-state index in [1.165, 1.54) is 0 Å². The Hall–Kier alpha value is -3.35. The number of nitrogen functional groups attached to an aromatic ring is 1. The molecule has 0 aromatic heterocycles. The predicted octanol–water partition coefficient (Wildman–Crippen LogP) is 2.72. The summed E-state index contributed by atoms with van der Waals surface area (Å²) in [7, 11) is 0. The van der Waals surface area contributed by atoms with E-state index in [1.54, 1.807) is 24.3 Å². The number of benzene rings is 2. The van der Waals surface area contributed by atoms with Gasteiger partial charge in [0, 0.05) is 18.0 Å². The van der Waals surface area contributed by atoms with Crippen LogP contribution < -0.4 is 15.8 Å². The maximum Gasteiger partial charge on any atom is 0.305 e. The second-order valence-electron chi connectivity index (χ2n) is 6.78. The molecule has 0 aliphatic carbocycles. The van der Waals surface area contributed by atoms with Crippen molar-refractivity contribution in [2.75, 3.05) is 6.61 Å². The summed E-state index contributed by atoms with van der Waals surface area (Å²) in [6.07, 6.45) is 1.95. The maximum absolute atomic E-state index is 12.2. The summed E-state index contributed by atoms with van der Waals surface area (Å²) in [6.45, 7) is 0.362. The smallest absolute Gasteiger partial charge is 0.305 e. The van der Waals surface area contributed by atoms with Crippen LogP contribution in [0.3, 0.4) is 0 Å². The van der Waals surface area contributed by atoms with E-state index in [0.29, 0.717) is 37.2 Å². The Kier molecular flexibility index (Phi) is 8.69. The first-order valence-electron chi connectivity index (χ1n) is 9.56. The Morgan fingerprint density at radius 1 is 1.10 bits per heavy atom. The van der Waals surface area contributed by atoms with E-state index in [-0.39, 0.29) is 24.6 Å². The van der Waals surface area contributed by atoms with Gasteiger partial charge in [-0.05, 0) is 49.1 Å². The fourth-order valence-corrected chi connectivity index (χ4v) is 2.87. The highest BCUT2D eigenvalue weighted by Crippen LogP contribution is 2.12. The molecule has 7 nitrogen and oxygen atoms in total. The molecule has 2 aromatic rings. The van der Waals surface area contributed by atoms with Crippen LogP contribution in [-0.2, 0) is 16.0 Å². The molecule has 0 spiro atoms. The van der Waals surface area contributed by atoms with Gasteiger partial charge in [0.1, 0.15) is 11.6 Å². The summed E-state index contributed by atoms with van der Waals surface area (Å²) in [4.78, 5) is 23.3. The summed E-state index contributed by atoms with van der Waals surface area (Å²) in [5.74, 6) is -0.473. The number of nitrogens with one attached hydrogen (secondary N) is 2. The normalized spacial score (nSPS) is 11.4. The molecule has 5 N–H and O–H groups in total. The van der Waals surface area contributed by atoms with Crippen LogP contribution in [0.1, 0.15) is 36.8 Å². The molecule has 29 heavy (non-hydrogen) atoms. The number of nitrogens with two attached hydrogens (primary N) is 1. The highest BCUT2D eigenvalue weighted by molar-refractivity contribution is 5.94. The van der Waals surface area contributed by atoms with Gasteiger partial charge in [-0.15, -0.1) is 0 Å². The van der Waals surface area contributed by atoms with Gasteiger partial charge in [0.25, 0.3) is 0 Å². The molecular formula is C22H27N3O4. The number of amidine groups is 1. The Bertz CT molecular complexity index is 807. The van der Waals surface area contributed by atoms with Crippen molar-refractivity contribution in [2.45, 2.75) is 38.1 Å². The predicted molar refractivity (Wildman–Crippen MR) is 111 cm³/mol. The molecule has 2 rings (SSSR count). The molecule has 0 fully saturated rings. The van der Waals surface area contributed by atoms with Gasteiger partial charge in [0.2, 0.25) is 5.91 Å². The van der Waals surface area contributed by atoms with Gasteiger partial charge in [-0.2, -0.15) is 0 Å². The zero-order valence-corrected chi connectivity index (χ0v) is 16.3. The number of rotatable bonds is 12. The number of amides is 1. The molecule has 0 aliphatic rings. The number of aryl methyl sites for hydroxylation is 1. The van der Waals surface area contributed by atoms with Crippen LogP contribution in [0.5, 0.6) is 5.75 Å². The van der Waals surface area contributed by atoms with Crippen molar-refractivity contribution in [1.29, 1.82) is 5.41 Å². The largest absolute Gasteiger partial charge is 0.494 e. The lowest BCUT2D eigenvalue weighted by molar-refractivity contribution is -0.137. The van der Waals surface area contributed by atoms with Crippen molar-refractivity contribution in [3.63, 3.8) is 0 Å². The Morgan fingerprint density at radius 2 is 1.79 bits per heavy atom. The van der Waals surface area contributed by atoms with Gasteiger partial charge in [-0.25, -0.2) is 0 Å². The van der Waals surface area contributed by atoms with E-state index < -0.39 is 12.0 Å². The van der Waals surface area contributed by atoms with Gasteiger partial charge in [-0.1, -0.05) is 30.3 Å². The molecule has 0 heterocycles. The maximum atomic E-state index is 12.2. The number of hydrogen-bond acceptors (Lipinski definition) is 4. The lowest BCUT2D eigenvalue weighted by atomic mass is 10.0. The first kappa shape index (κ1) is 21.9. The summed E-state index contributed by atoms with van der Waals surface area (Å²) in [5, 5.41) is 19.3. The molecule has 0 bridgehead atoms. The van der Waals surface area contributed by atoms with Crippen LogP contribution in [0.4, 0.5) is 0 Å². The Balaban J connectivity index is 1.72. The van der Waals surface area contributed by atoms with Crippen LogP contribution in [0.15, 0.2) is 54.6 Å². The monoisotopic (exact) mass is 397 g/mol.